The van der Waals surface area contributed by atoms with Gasteiger partial charge in [0, 0.05) is 17.5 Å². The van der Waals surface area contributed by atoms with E-state index in [0.717, 1.165) is 19.3 Å². The molecule has 0 saturated heterocycles. The van der Waals surface area contributed by atoms with Crippen molar-refractivity contribution in [3.8, 4) is 5.75 Å². The summed E-state index contributed by atoms with van der Waals surface area (Å²) < 4.78 is 32.3. The van der Waals surface area contributed by atoms with Gasteiger partial charge in [-0.25, -0.2) is 4.39 Å². The monoisotopic (exact) mass is 305 g/mol. The minimum Gasteiger partial charge on any atom is -0.493 e. The summed E-state index contributed by atoms with van der Waals surface area (Å²) in [5.41, 5.74) is 6.18. The van der Waals surface area contributed by atoms with Crippen LogP contribution in [0.4, 0.5) is 8.78 Å². The molecule has 1 aromatic rings. The topological polar surface area (TPSA) is 35.2 Å². The fraction of sp³-hybridized carbons (Fsp3) is 0.500. The number of halogens is 3. The third-order valence-electron chi connectivity index (χ3n) is 3.59. The smallest absolute Gasteiger partial charge is 0.202 e. The highest BCUT2D eigenvalue weighted by Gasteiger charge is 2.41. The molecule has 0 aromatic heterocycles. The summed E-state index contributed by atoms with van der Waals surface area (Å²) in [6.45, 7) is 0.418. The van der Waals surface area contributed by atoms with Crippen molar-refractivity contribution in [2.24, 2.45) is 5.73 Å². The van der Waals surface area contributed by atoms with Gasteiger partial charge < -0.3 is 10.5 Å². The Balaban J connectivity index is 2.60. The van der Waals surface area contributed by atoms with E-state index >= 15 is 0 Å². The van der Waals surface area contributed by atoms with Crippen LogP contribution in [0.15, 0.2) is 10.5 Å². The molecule has 0 spiro atoms. The molecule has 2 nitrogen and oxygen atoms in total. The van der Waals surface area contributed by atoms with Crippen LogP contribution >= 0.6 is 15.9 Å². The van der Waals surface area contributed by atoms with E-state index in [1.807, 2.05) is 0 Å². The van der Waals surface area contributed by atoms with Gasteiger partial charge in [0.15, 0.2) is 11.6 Å². The van der Waals surface area contributed by atoms with Gasteiger partial charge in [0.1, 0.15) is 0 Å². The highest BCUT2D eigenvalue weighted by atomic mass is 79.9. The molecule has 2 rings (SSSR count). The molecular formula is C12H14BrF2NO. The van der Waals surface area contributed by atoms with Crippen molar-refractivity contribution in [1.29, 1.82) is 0 Å². The minimum atomic E-state index is -0.948. The number of methoxy groups -OCH3 is 1. The van der Waals surface area contributed by atoms with E-state index in [4.69, 9.17) is 10.5 Å². The molecule has 0 radical (unpaired) electrons. The van der Waals surface area contributed by atoms with Gasteiger partial charge in [-0.3, -0.25) is 0 Å². The second kappa shape index (κ2) is 4.53. The fourth-order valence-electron chi connectivity index (χ4n) is 2.36. The molecule has 94 valence electrons. The van der Waals surface area contributed by atoms with E-state index in [9.17, 15) is 8.78 Å². The molecule has 0 amide bonds. The van der Waals surface area contributed by atoms with E-state index in [1.165, 1.54) is 7.11 Å². The summed E-state index contributed by atoms with van der Waals surface area (Å²) in [5, 5.41) is 0. The first-order chi connectivity index (χ1) is 8.05. The third kappa shape index (κ3) is 1.85. The zero-order chi connectivity index (χ0) is 12.6. The van der Waals surface area contributed by atoms with Crippen molar-refractivity contribution in [2.75, 3.05) is 13.7 Å². The maximum absolute atomic E-state index is 13.8. The quantitative estimate of drug-likeness (QED) is 0.871. The van der Waals surface area contributed by atoms with Gasteiger partial charge in [0.2, 0.25) is 5.82 Å². The first kappa shape index (κ1) is 12.8. The molecule has 0 atom stereocenters. The summed E-state index contributed by atoms with van der Waals surface area (Å²) in [6.07, 6.45) is 2.83. The van der Waals surface area contributed by atoms with Crippen molar-refractivity contribution in [2.45, 2.75) is 24.7 Å². The number of ether oxygens (including phenoxy) is 1. The largest absolute Gasteiger partial charge is 0.493 e. The van der Waals surface area contributed by atoms with E-state index in [2.05, 4.69) is 15.9 Å². The lowest BCUT2D eigenvalue weighted by Crippen LogP contribution is -2.42. The van der Waals surface area contributed by atoms with Crippen LogP contribution in [-0.4, -0.2) is 13.7 Å². The normalized spacial score (nSPS) is 17.7. The lowest BCUT2D eigenvalue weighted by atomic mass is 9.64. The average molecular weight is 306 g/mol. The molecule has 0 bridgehead atoms. The average Bonchev–Trinajstić information content (AvgIpc) is 2.26. The Kier molecular flexibility index (Phi) is 3.41. The number of hydrogen-bond acceptors (Lipinski definition) is 2. The van der Waals surface area contributed by atoms with Gasteiger partial charge in [-0.15, -0.1) is 0 Å². The highest BCUT2D eigenvalue weighted by Crippen LogP contribution is 2.48. The molecule has 0 unspecified atom stereocenters. The van der Waals surface area contributed by atoms with Crippen molar-refractivity contribution in [1.82, 2.24) is 0 Å². The Morgan fingerprint density at radius 1 is 1.41 bits per heavy atom. The summed E-state index contributed by atoms with van der Waals surface area (Å²) in [6, 6.07) is 1.59. The van der Waals surface area contributed by atoms with Crippen LogP contribution < -0.4 is 10.5 Å². The van der Waals surface area contributed by atoms with Gasteiger partial charge in [-0.05, 0) is 34.8 Å². The van der Waals surface area contributed by atoms with E-state index in [-0.39, 0.29) is 15.6 Å². The summed E-state index contributed by atoms with van der Waals surface area (Å²) in [4.78, 5) is 0. The standard InChI is InChI=1S/C12H14BrF2NO/c1-17-11-7(12(6-16)3-2-4-12)5-8(13)9(14)10(11)15/h5H,2-4,6,16H2,1H3. The van der Waals surface area contributed by atoms with Crippen molar-refractivity contribution < 1.29 is 13.5 Å². The Morgan fingerprint density at radius 2 is 2.06 bits per heavy atom. The van der Waals surface area contributed by atoms with Gasteiger partial charge in [0.05, 0.1) is 11.6 Å². The SMILES string of the molecule is COc1c(C2(CN)CCC2)cc(Br)c(F)c1F. The molecule has 1 aromatic carbocycles. The summed E-state index contributed by atoms with van der Waals surface area (Å²) >= 11 is 3.02. The van der Waals surface area contributed by atoms with Crippen LogP contribution in [0.5, 0.6) is 5.75 Å². The Morgan fingerprint density at radius 3 is 2.47 bits per heavy atom. The second-order valence-corrected chi connectivity index (χ2v) is 5.26. The van der Waals surface area contributed by atoms with Crippen LogP contribution in [0.2, 0.25) is 0 Å². The Bertz CT molecular complexity index is 441. The molecular weight excluding hydrogens is 292 g/mol. The second-order valence-electron chi connectivity index (χ2n) is 4.41. The molecule has 0 heterocycles. The molecule has 1 aliphatic carbocycles. The Labute approximate surface area is 107 Å². The van der Waals surface area contributed by atoms with Crippen molar-refractivity contribution >= 4 is 15.9 Å². The predicted octanol–water partition coefficient (Wildman–Crippen LogP) is 3.12. The van der Waals surface area contributed by atoms with Crippen LogP contribution in [0.3, 0.4) is 0 Å². The van der Waals surface area contributed by atoms with Crippen LogP contribution in [-0.2, 0) is 5.41 Å². The van der Waals surface area contributed by atoms with Crippen LogP contribution in [0.25, 0.3) is 0 Å². The summed E-state index contributed by atoms with van der Waals surface area (Å²) in [5.74, 6) is -1.88. The van der Waals surface area contributed by atoms with Crippen molar-refractivity contribution in [3.63, 3.8) is 0 Å². The van der Waals surface area contributed by atoms with Crippen LogP contribution in [0.1, 0.15) is 24.8 Å². The van der Waals surface area contributed by atoms with Gasteiger partial charge >= 0.3 is 0 Å². The maximum Gasteiger partial charge on any atom is 0.202 e. The number of nitrogens with two attached hydrogens (primary N) is 1. The Hall–Kier alpha value is -0.680. The van der Waals surface area contributed by atoms with Gasteiger partial charge in [0.25, 0.3) is 0 Å². The third-order valence-corrected chi connectivity index (χ3v) is 4.17. The zero-order valence-electron chi connectivity index (χ0n) is 9.53. The van der Waals surface area contributed by atoms with Gasteiger partial charge in [-0.1, -0.05) is 6.42 Å². The first-order valence-corrected chi connectivity index (χ1v) is 6.27. The molecule has 1 aliphatic rings. The fourth-order valence-corrected chi connectivity index (χ4v) is 2.76. The molecule has 17 heavy (non-hydrogen) atoms. The lowest BCUT2D eigenvalue weighted by molar-refractivity contribution is 0.239. The number of hydrogen-bond donors (Lipinski definition) is 1. The summed E-state index contributed by atoms with van der Waals surface area (Å²) in [7, 11) is 1.35. The maximum atomic E-state index is 13.8. The van der Waals surface area contributed by atoms with E-state index in [1.54, 1.807) is 6.07 Å². The van der Waals surface area contributed by atoms with Crippen LogP contribution in [0, 0.1) is 11.6 Å². The molecule has 2 N–H and O–H groups in total. The van der Waals surface area contributed by atoms with Crippen molar-refractivity contribution in [3.05, 3.63) is 27.7 Å². The predicted molar refractivity (Wildman–Crippen MR) is 65.2 cm³/mol. The van der Waals surface area contributed by atoms with Gasteiger partial charge in [-0.2, -0.15) is 4.39 Å². The molecule has 0 aliphatic heterocycles. The zero-order valence-corrected chi connectivity index (χ0v) is 11.1. The first-order valence-electron chi connectivity index (χ1n) is 5.48. The minimum absolute atomic E-state index is 0.0177. The number of rotatable bonds is 3. The highest BCUT2D eigenvalue weighted by molar-refractivity contribution is 9.10. The van der Waals surface area contributed by atoms with E-state index < -0.39 is 11.6 Å². The van der Waals surface area contributed by atoms with E-state index in [0.29, 0.717) is 12.1 Å². The number of benzene rings is 1. The molecule has 5 heteroatoms. The lowest BCUT2D eigenvalue weighted by Gasteiger charge is -2.42. The molecule has 1 saturated carbocycles. The molecule has 1 fully saturated rings.